The standard InChI is InChI=1S/C25H26N2O5/c1-25(23(29)30)13-27(14-25)22(28)20-10-15(20)11-26-24(31)32-12-21-18-8-4-2-6-16(18)17-7-3-5-9-19(17)21/h2-9,15,20-21H,10-14H2,1H3,(H,26,31)(H,29,30). The third kappa shape index (κ3) is 3.51. The van der Waals surface area contributed by atoms with Crippen LogP contribution < -0.4 is 5.32 Å². The number of fused-ring (bicyclic) bond motifs is 3. The molecular weight excluding hydrogens is 408 g/mol. The summed E-state index contributed by atoms with van der Waals surface area (Å²) in [4.78, 5) is 37.6. The molecule has 2 aliphatic carbocycles. The molecule has 0 bridgehead atoms. The molecule has 2 amide bonds. The smallest absolute Gasteiger partial charge is 0.407 e. The summed E-state index contributed by atoms with van der Waals surface area (Å²) >= 11 is 0. The van der Waals surface area contributed by atoms with Crippen molar-refractivity contribution in [2.24, 2.45) is 17.3 Å². The number of nitrogens with zero attached hydrogens (tertiary/aromatic N) is 1. The first-order valence-electron chi connectivity index (χ1n) is 11.0. The number of benzene rings is 2. The van der Waals surface area contributed by atoms with Crippen LogP contribution >= 0.6 is 0 Å². The van der Waals surface area contributed by atoms with Crippen molar-refractivity contribution < 1.29 is 24.2 Å². The highest BCUT2D eigenvalue weighted by Gasteiger charge is 2.52. The van der Waals surface area contributed by atoms with Crippen molar-refractivity contribution in [1.82, 2.24) is 10.2 Å². The summed E-state index contributed by atoms with van der Waals surface area (Å²) in [5.41, 5.74) is 3.86. The second kappa shape index (κ2) is 7.65. The van der Waals surface area contributed by atoms with Crippen LogP contribution in [0.3, 0.4) is 0 Å². The van der Waals surface area contributed by atoms with E-state index >= 15 is 0 Å². The van der Waals surface area contributed by atoms with Gasteiger partial charge in [0, 0.05) is 31.5 Å². The lowest BCUT2D eigenvalue weighted by Crippen LogP contribution is -2.61. The predicted molar refractivity (Wildman–Crippen MR) is 117 cm³/mol. The van der Waals surface area contributed by atoms with E-state index in [-0.39, 0.29) is 43.4 Å². The number of likely N-dealkylation sites (tertiary alicyclic amines) is 1. The zero-order chi connectivity index (χ0) is 22.5. The molecule has 0 spiro atoms. The van der Waals surface area contributed by atoms with Gasteiger partial charge in [0.15, 0.2) is 0 Å². The maximum Gasteiger partial charge on any atom is 0.407 e. The average molecular weight is 434 g/mol. The van der Waals surface area contributed by atoms with Gasteiger partial charge in [-0.25, -0.2) is 4.79 Å². The van der Waals surface area contributed by atoms with Gasteiger partial charge in [-0.3, -0.25) is 9.59 Å². The molecule has 7 nitrogen and oxygen atoms in total. The van der Waals surface area contributed by atoms with E-state index in [1.165, 1.54) is 11.1 Å². The number of nitrogens with one attached hydrogen (secondary N) is 1. The zero-order valence-electron chi connectivity index (χ0n) is 17.9. The van der Waals surface area contributed by atoms with Crippen LogP contribution in [0.2, 0.25) is 0 Å². The van der Waals surface area contributed by atoms with Gasteiger partial charge in [0.2, 0.25) is 5.91 Å². The Balaban J connectivity index is 1.10. The topological polar surface area (TPSA) is 95.9 Å². The number of carbonyl (C=O) groups excluding carboxylic acids is 2. The fraction of sp³-hybridized carbons (Fsp3) is 0.400. The average Bonchev–Trinajstić information content (AvgIpc) is 3.48. The third-order valence-corrected chi connectivity index (χ3v) is 7.00. The molecular formula is C25H26N2O5. The van der Waals surface area contributed by atoms with E-state index in [2.05, 4.69) is 29.6 Å². The first-order valence-corrected chi connectivity index (χ1v) is 11.0. The van der Waals surface area contributed by atoms with Crippen LogP contribution in [0.15, 0.2) is 48.5 Å². The number of aliphatic carboxylic acids is 1. The SMILES string of the molecule is CC1(C(=O)O)CN(C(=O)C2CC2CNC(=O)OCC2c3ccccc3-c3ccccc32)C1. The molecule has 2 atom stereocenters. The highest BCUT2D eigenvalue weighted by molar-refractivity contribution is 5.86. The molecule has 2 unspecified atom stereocenters. The van der Waals surface area contributed by atoms with Gasteiger partial charge in [0.1, 0.15) is 6.61 Å². The normalized spacial score (nSPS) is 22.3. The number of ether oxygens (including phenoxy) is 1. The molecule has 5 rings (SSSR count). The summed E-state index contributed by atoms with van der Waals surface area (Å²) in [6.45, 7) is 2.81. The molecule has 32 heavy (non-hydrogen) atoms. The van der Waals surface area contributed by atoms with Crippen LogP contribution in [0.4, 0.5) is 4.79 Å². The maximum absolute atomic E-state index is 12.5. The van der Waals surface area contributed by atoms with Gasteiger partial charge in [-0.2, -0.15) is 0 Å². The maximum atomic E-state index is 12.5. The van der Waals surface area contributed by atoms with Gasteiger partial charge in [-0.1, -0.05) is 48.5 Å². The number of rotatable bonds is 6. The predicted octanol–water partition coefficient (Wildman–Crippen LogP) is 3.09. The minimum Gasteiger partial charge on any atom is -0.481 e. The Morgan fingerprint density at radius 1 is 1.06 bits per heavy atom. The number of alkyl carbamates (subject to hydrolysis) is 1. The summed E-state index contributed by atoms with van der Waals surface area (Å²) in [7, 11) is 0. The number of carboxylic acids is 1. The van der Waals surface area contributed by atoms with E-state index < -0.39 is 17.5 Å². The Kier molecular flexibility index (Phi) is 4.92. The first kappa shape index (κ1) is 20.5. The Labute approximate surface area is 186 Å². The van der Waals surface area contributed by atoms with Gasteiger partial charge < -0.3 is 20.1 Å². The van der Waals surface area contributed by atoms with Crippen LogP contribution in [0.5, 0.6) is 0 Å². The second-order valence-corrected chi connectivity index (χ2v) is 9.37. The Bertz CT molecular complexity index is 1050. The van der Waals surface area contributed by atoms with Gasteiger partial charge in [0.25, 0.3) is 0 Å². The fourth-order valence-electron chi connectivity index (χ4n) is 4.96. The number of carboxylic acid groups (broad SMARTS) is 1. The first-order chi connectivity index (χ1) is 15.4. The molecule has 7 heteroatoms. The molecule has 2 fully saturated rings. The van der Waals surface area contributed by atoms with E-state index in [0.29, 0.717) is 13.0 Å². The monoisotopic (exact) mass is 434 g/mol. The van der Waals surface area contributed by atoms with Crippen molar-refractivity contribution in [3.05, 3.63) is 59.7 Å². The Morgan fingerprint density at radius 3 is 2.25 bits per heavy atom. The molecule has 166 valence electrons. The Hall–Kier alpha value is -3.35. The molecule has 0 radical (unpaired) electrons. The largest absolute Gasteiger partial charge is 0.481 e. The summed E-state index contributed by atoms with van der Waals surface area (Å²) in [6.07, 6.45) is 0.232. The number of hydrogen-bond acceptors (Lipinski definition) is 4. The Morgan fingerprint density at radius 2 is 1.66 bits per heavy atom. The van der Waals surface area contributed by atoms with Crippen molar-refractivity contribution in [2.75, 3.05) is 26.2 Å². The van der Waals surface area contributed by atoms with Crippen LogP contribution in [0, 0.1) is 17.3 Å². The zero-order valence-corrected chi connectivity index (χ0v) is 17.9. The minimum absolute atomic E-state index is 0.0111. The molecule has 2 aromatic carbocycles. The van der Waals surface area contributed by atoms with Gasteiger partial charge in [-0.15, -0.1) is 0 Å². The lowest BCUT2D eigenvalue weighted by Gasteiger charge is -2.45. The van der Waals surface area contributed by atoms with Gasteiger partial charge in [-0.05, 0) is 41.5 Å². The van der Waals surface area contributed by atoms with E-state index in [0.717, 1.165) is 11.1 Å². The number of hydrogen-bond donors (Lipinski definition) is 2. The molecule has 1 heterocycles. The quantitative estimate of drug-likeness (QED) is 0.728. The summed E-state index contributed by atoms with van der Waals surface area (Å²) in [5, 5.41) is 12.0. The number of carbonyl (C=O) groups is 3. The van der Waals surface area contributed by atoms with Crippen molar-refractivity contribution in [2.45, 2.75) is 19.3 Å². The highest BCUT2D eigenvalue weighted by Crippen LogP contribution is 2.45. The van der Waals surface area contributed by atoms with Gasteiger partial charge >= 0.3 is 12.1 Å². The van der Waals surface area contributed by atoms with E-state index in [1.54, 1.807) is 11.8 Å². The van der Waals surface area contributed by atoms with Crippen LogP contribution in [-0.4, -0.2) is 54.2 Å². The van der Waals surface area contributed by atoms with Crippen molar-refractivity contribution in [1.29, 1.82) is 0 Å². The third-order valence-electron chi connectivity index (χ3n) is 7.00. The summed E-state index contributed by atoms with van der Waals surface area (Å²) in [6, 6.07) is 16.4. The highest BCUT2D eigenvalue weighted by atomic mass is 16.5. The number of amides is 2. The molecule has 1 saturated carbocycles. The molecule has 3 aliphatic rings. The van der Waals surface area contributed by atoms with E-state index in [9.17, 15) is 19.5 Å². The molecule has 0 aromatic heterocycles. The minimum atomic E-state index is -0.870. The lowest BCUT2D eigenvalue weighted by atomic mass is 9.82. The van der Waals surface area contributed by atoms with Gasteiger partial charge in [0.05, 0.1) is 5.41 Å². The molecule has 1 saturated heterocycles. The second-order valence-electron chi connectivity index (χ2n) is 9.37. The van der Waals surface area contributed by atoms with E-state index in [1.807, 2.05) is 24.3 Å². The van der Waals surface area contributed by atoms with Crippen LogP contribution in [0.25, 0.3) is 11.1 Å². The molecule has 2 aromatic rings. The van der Waals surface area contributed by atoms with Crippen molar-refractivity contribution in [3.8, 4) is 11.1 Å². The summed E-state index contributed by atoms with van der Waals surface area (Å²) in [5.74, 6) is -0.922. The molecule has 1 aliphatic heterocycles. The van der Waals surface area contributed by atoms with Crippen LogP contribution in [0.1, 0.15) is 30.4 Å². The van der Waals surface area contributed by atoms with Crippen molar-refractivity contribution in [3.63, 3.8) is 0 Å². The molecule has 2 N–H and O–H groups in total. The van der Waals surface area contributed by atoms with Crippen molar-refractivity contribution >= 4 is 18.0 Å². The fourth-order valence-corrected chi connectivity index (χ4v) is 4.96. The van der Waals surface area contributed by atoms with E-state index in [4.69, 9.17) is 4.74 Å². The van der Waals surface area contributed by atoms with Crippen LogP contribution in [-0.2, 0) is 14.3 Å². The summed E-state index contributed by atoms with van der Waals surface area (Å²) < 4.78 is 5.54. The lowest BCUT2D eigenvalue weighted by molar-refractivity contribution is -0.164.